The Hall–Kier alpha value is -4.64. The molecule has 0 unspecified atom stereocenters. The van der Waals surface area contributed by atoms with E-state index in [4.69, 9.17) is 4.42 Å². The van der Waals surface area contributed by atoms with Gasteiger partial charge in [-0.05, 0) is 64.0 Å². The molecule has 0 fully saturated rings. The molecule has 0 spiro atoms. The van der Waals surface area contributed by atoms with Crippen LogP contribution in [0.25, 0.3) is 91.1 Å². The number of rotatable bonds is 1. The smallest absolute Gasteiger partial charge is 0.137 e. The van der Waals surface area contributed by atoms with Crippen LogP contribution in [-0.4, -0.2) is 4.57 Å². The van der Waals surface area contributed by atoms with Crippen LogP contribution < -0.4 is 0 Å². The van der Waals surface area contributed by atoms with Gasteiger partial charge in [-0.3, -0.25) is 0 Å². The highest BCUT2D eigenvalue weighted by atomic mass is 79.9. The van der Waals surface area contributed by atoms with E-state index < -0.39 is 0 Å². The molecule has 0 atom stereocenters. The van der Waals surface area contributed by atoms with Crippen molar-refractivity contribution in [2.75, 3.05) is 0 Å². The van der Waals surface area contributed by atoms with E-state index in [1.807, 2.05) is 17.4 Å². The van der Waals surface area contributed by atoms with Crippen molar-refractivity contribution in [3.05, 3.63) is 126 Å². The summed E-state index contributed by atoms with van der Waals surface area (Å²) in [7, 11) is 0. The minimum atomic E-state index is 0.892. The molecule has 0 saturated heterocycles. The van der Waals surface area contributed by atoms with E-state index in [2.05, 4.69) is 136 Å². The van der Waals surface area contributed by atoms with Crippen molar-refractivity contribution in [2.45, 2.75) is 0 Å². The molecule has 0 radical (unpaired) electrons. The van der Waals surface area contributed by atoms with Gasteiger partial charge >= 0.3 is 0 Å². The maximum Gasteiger partial charge on any atom is 0.137 e. The van der Waals surface area contributed by atoms with E-state index in [1.54, 1.807) is 0 Å². The number of thiophene rings is 1. The lowest BCUT2D eigenvalue weighted by Gasteiger charge is -2.10. The van der Waals surface area contributed by atoms with Gasteiger partial charge in [0, 0.05) is 53.2 Å². The molecule has 0 aliphatic heterocycles. The number of aromatic nitrogens is 1. The predicted molar refractivity (Wildman–Crippen MR) is 184 cm³/mol. The molecule has 0 N–H and O–H groups in total. The van der Waals surface area contributed by atoms with E-state index in [0.29, 0.717) is 0 Å². The predicted octanol–water partition coefficient (Wildman–Crippen LogP) is 12.1. The van der Waals surface area contributed by atoms with Crippen LogP contribution in [0, 0.1) is 0 Å². The van der Waals surface area contributed by atoms with E-state index in [9.17, 15) is 0 Å². The second-order valence-electron chi connectivity index (χ2n) is 11.0. The van der Waals surface area contributed by atoms with Crippen molar-refractivity contribution in [1.29, 1.82) is 0 Å². The third-order valence-corrected chi connectivity index (χ3v) is 10.5. The number of halogens is 1. The van der Waals surface area contributed by atoms with Crippen LogP contribution in [-0.2, 0) is 0 Å². The molecule has 7 aromatic carbocycles. The highest BCUT2D eigenvalue weighted by Gasteiger charge is 2.22. The number of furan rings is 1. The third kappa shape index (κ3) is 2.93. The zero-order valence-corrected chi connectivity index (χ0v) is 24.6. The van der Waals surface area contributed by atoms with Crippen molar-refractivity contribution < 1.29 is 4.42 Å². The molecule has 3 aromatic heterocycles. The number of nitrogens with zero attached hydrogens (tertiary/aromatic N) is 1. The van der Waals surface area contributed by atoms with E-state index in [-0.39, 0.29) is 0 Å². The number of fused-ring (bicyclic) bond motifs is 15. The Bertz CT molecular complexity index is 2760. The van der Waals surface area contributed by atoms with Crippen molar-refractivity contribution >= 4 is 113 Å². The van der Waals surface area contributed by atoms with Gasteiger partial charge in [0.05, 0.1) is 15.7 Å². The van der Waals surface area contributed by atoms with Crippen LogP contribution in [0.15, 0.2) is 130 Å². The van der Waals surface area contributed by atoms with Gasteiger partial charge in [-0.15, -0.1) is 11.3 Å². The number of benzene rings is 7. The Morgan fingerprint density at radius 1 is 0.548 bits per heavy atom. The quantitative estimate of drug-likeness (QED) is 0.179. The summed E-state index contributed by atoms with van der Waals surface area (Å²) in [5.74, 6) is 0. The van der Waals surface area contributed by atoms with Gasteiger partial charge in [-0.2, -0.15) is 0 Å². The first-order valence-corrected chi connectivity index (χ1v) is 15.7. The van der Waals surface area contributed by atoms with Gasteiger partial charge in [0.15, 0.2) is 0 Å². The van der Waals surface area contributed by atoms with Crippen LogP contribution in [0.1, 0.15) is 0 Å². The monoisotopic (exact) mass is 617 g/mol. The molecule has 196 valence electrons. The fourth-order valence-electron chi connectivity index (χ4n) is 7.09. The molecule has 0 saturated carbocycles. The molecule has 10 rings (SSSR count). The van der Waals surface area contributed by atoms with Gasteiger partial charge in [-0.1, -0.05) is 88.7 Å². The Balaban J connectivity index is 1.44. The summed E-state index contributed by atoms with van der Waals surface area (Å²) in [6, 6.07) is 44.0. The summed E-state index contributed by atoms with van der Waals surface area (Å²) >= 11 is 5.50. The average Bonchev–Trinajstić information content (AvgIpc) is 3.70. The SMILES string of the molecule is Brc1ccc2c(c1)oc1cc(-n3c4ccccc4c4c5ccccc5c5c(sc6ccc7ccccc7c65)c43)ccc12. The number of hydrogen-bond acceptors (Lipinski definition) is 2. The lowest BCUT2D eigenvalue weighted by atomic mass is 9.96. The molecular formula is C38H20BrNOS. The van der Waals surface area contributed by atoms with Crippen molar-refractivity contribution in [3.63, 3.8) is 0 Å². The van der Waals surface area contributed by atoms with Gasteiger partial charge < -0.3 is 8.98 Å². The topological polar surface area (TPSA) is 18.1 Å². The first-order chi connectivity index (χ1) is 20.7. The van der Waals surface area contributed by atoms with Crippen molar-refractivity contribution in [2.24, 2.45) is 0 Å². The molecular weight excluding hydrogens is 598 g/mol. The molecule has 0 bridgehead atoms. The molecule has 0 aliphatic rings. The standard InChI is InChI=1S/C38H20BrNOS/c39-22-14-16-25-26-17-15-23(20-32(26)41-31(25)19-22)40-30-12-6-5-11-29(30)34-27-9-3-4-10-28(27)36-35-24-8-2-1-7-21(24)13-18-33(35)42-38(36)37(34)40/h1-20H. The van der Waals surface area contributed by atoms with Crippen molar-refractivity contribution in [3.8, 4) is 5.69 Å². The highest BCUT2D eigenvalue weighted by Crippen LogP contribution is 2.49. The van der Waals surface area contributed by atoms with E-state index in [1.165, 1.54) is 63.5 Å². The fourth-order valence-corrected chi connectivity index (χ4v) is 8.70. The van der Waals surface area contributed by atoms with Gasteiger partial charge in [-0.25, -0.2) is 0 Å². The maximum atomic E-state index is 6.41. The van der Waals surface area contributed by atoms with Crippen LogP contribution in [0.4, 0.5) is 0 Å². The van der Waals surface area contributed by atoms with Gasteiger partial charge in [0.2, 0.25) is 0 Å². The lowest BCUT2D eigenvalue weighted by molar-refractivity contribution is 0.668. The third-order valence-electron chi connectivity index (χ3n) is 8.81. The minimum Gasteiger partial charge on any atom is -0.456 e. The molecule has 10 aromatic rings. The largest absolute Gasteiger partial charge is 0.456 e. The summed E-state index contributed by atoms with van der Waals surface area (Å²) in [6.45, 7) is 0. The highest BCUT2D eigenvalue weighted by molar-refractivity contribution is 9.10. The minimum absolute atomic E-state index is 0.892. The molecule has 2 nitrogen and oxygen atoms in total. The zero-order chi connectivity index (χ0) is 27.5. The Morgan fingerprint density at radius 2 is 1.24 bits per heavy atom. The Kier molecular flexibility index (Phi) is 4.50. The molecule has 42 heavy (non-hydrogen) atoms. The maximum absolute atomic E-state index is 6.41. The molecule has 4 heteroatoms. The number of hydrogen-bond donors (Lipinski definition) is 0. The summed E-state index contributed by atoms with van der Waals surface area (Å²) in [5.41, 5.74) is 5.35. The van der Waals surface area contributed by atoms with Gasteiger partial charge in [0.25, 0.3) is 0 Å². The Morgan fingerprint density at radius 3 is 2.10 bits per heavy atom. The molecule has 0 amide bonds. The van der Waals surface area contributed by atoms with Crippen molar-refractivity contribution in [1.82, 2.24) is 4.57 Å². The average molecular weight is 619 g/mol. The van der Waals surface area contributed by atoms with Gasteiger partial charge in [0.1, 0.15) is 11.2 Å². The molecule has 3 heterocycles. The van der Waals surface area contributed by atoms with Crippen LogP contribution >= 0.6 is 27.3 Å². The summed E-state index contributed by atoms with van der Waals surface area (Å²) < 4.78 is 12.5. The second-order valence-corrected chi connectivity index (χ2v) is 13.0. The first-order valence-electron chi connectivity index (χ1n) is 14.0. The summed E-state index contributed by atoms with van der Waals surface area (Å²) in [5, 5.41) is 12.7. The van der Waals surface area contributed by atoms with E-state index >= 15 is 0 Å². The lowest BCUT2D eigenvalue weighted by Crippen LogP contribution is -1.94. The summed E-state index contributed by atoms with van der Waals surface area (Å²) in [4.78, 5) is 0. The zero-order valence-electron chi connectivity index (χ0n) is 22.2. The summed E-state index contributed by atoms with van der Waals surface area (Å²) in [6.07, 6.45) is 0. The van der Waals surface area contributed by atoms with Crippen LogP contribution in [0.3, 0.4) is 0 Å². The van der Waals surface area contributed by atoms with Crippen LogP contribution in [0.2, 0.25) is 0 Å². The normalized spacial score (nSPS) is 12.4. The fraction of sp³-hybridized carbons (Fsp3) is 0. The molecule has 0 aliphatic carbocycles. The Labute approximate surface area is 252 Å². The number of para-hydroxylation sites is 1. The first kappa shape index (κ1) is 23.0. The second kappa shape index (κ2) is 8.22. The van der Waals surface area contributed by atoms with E-state index in [0.717, 1.165) is 32.1 Å². The van der Waals surface area contributed by atoms with Crippen LogP contribution in [0.5, 0.6) is 0 Å².